The van der Waals surface area contributed by atoms with E-state index in [0.717, 1.165) is 70.6 Å². The Morgan fingerprint density at radius 1 is 0.477 bits per heavy atom. The molecule has 0 fully saturated rings. The standard InChI is InChI=1S/C55H104NO8P/c1-6-8-10-12-14-16-18-20-22-24-26-28-30-32-34-36-38-40-42-44-46-48-55(58)64-53(52-63-65(59,60)62-50-49-56(3,4)5)51-61-54(57)47-45-43-41-39-37-35-33-31-29-27-25-23-21-19-17-15-13-11-9-7-2/h18,20,24,26,30,32,53H,6-17,19,21-23,25,27-29,31,33-52H2,1-5H3/b20-18-,26-24-,32-30-. The molecule has 65 heavy (non-hydrogen) atoms. The fourth-order valence-electron chi connectivity index (χ4n) is 7.66. The van der Waals surface area contributed by atoms with Crippen molar-refractivity contribution in [3.05, 3.63) is 36.5 Å². The zero-order valence-corrected chi connectivity index (χ0v) is 44.1. The van der Waals surface area contributed by atoms with E-state index in [2.05, 4.69) is 50.3 Å². The first-order valence-corrected chi connectivity index (χ1v) is 28.7. The molecule has 0 rings (SSSR count). The molecule has 0 aromatic carbocycles. The smallest absolute Gasteiger partial charge is 0.306 e. The van der Waals surface area contributed by atoms with Crippen LogP contribution in [-0.2, 0) is 32.7 Å². The monoisotopic (exact) mass is 938 g/mol. The molecule has 0 aliphatic carbocycles. The van der Waals surface area contributed by atoms with Crippen LogP contribution in [0.15, 0.2) is 36.5 Å². The molecule has 0 aromatic rings. The summed E-state index contributed by atoms with van der Waals surface area (Å²) in [5, 5.41) is 0. The van der Waals surface area contributed by atoms with E-state index in [9.17, 15) is 19.0 Å². The van der Waals surface area contributed by atoms with Gasteiger partial charge in [-0.2, -0.15) is 0 Å². The maximum Gasteiger partial charge on any atom is 0.306 e. The average Bonchev–Trinajstić information content (AvgIpc) is 3.26. The highest BCUT2D eigenvalue weighted by Gasteiger charge is 2.21. The zero-order chi connectivity index (χ0) is 47.8. The van der Waals surface area contributed by atoms with Gasteiger partial charge >= 0.3 is 11.9 Å². The molecule has 0 aliphatic heterocycles. The quantitative estimate of drug-likeness (QED) is 0.0195. The van der Waals surface area contributed by atoms with Gasteiger partial charge in [-0.25, -0.2) is 0 Å². The normalized spacial score (nSPS) is 13.6. The van der Waals surface area contributed by atoms with Crippen LogP contribution in [0.25, 0.3) is 0 Å². The summed E-state index contributed by atoms with van der Waals surface area (Å²) in [5.74, 6) is -0.837. The Morgan fingerprint density at radius 3 is 1.23 bits per heavy atom. The summed E-state index contributed by atoms with van der Waals surface area (Å²) in [4.78, 5) is 37.8. The Balaban J connectivity index is 4.23. The minimum absolute atomic E-state index is 0.0326. The number of quaternary nitrogens is 1. The van der Waals surface area contributed by atoms with Gasteiger partial charge in [-0.3, -0.25) is 14.2 Å². The van der Waals surface area contributed by atoms with Crippen molar-refractivity contribution < 1.29 is 42.1 Å². The molecule has 0 amide bonds. The molecule has 0 aromatic heterocycles. The third kappa shape index (κ3) is 51.5. The Kier molecular flexibility index (Phi) is 46.0. The van der Waals surface area contributed by atoms with E-state index >= 15 is 0 Å². The van der Waals surface area contributed by atoms with Gasteiger partial charge in [0.05, 0.1) is 27.7 Å². The first-order chi connectivity index (χ1) is 31.5. The number of ether oxygens (including phenoxy) is 2. The molecular formula is C55H104NO8P. The minimum Gasteiger partial charge on any atom is -0.756 e. The Morgan fingerprint density at radius 2 is 0.831 bits per heavy atom. The molecule has 0 saturated heterocycles. The van der Waals surface area contributed by atoms with E-state index < -0.39 is 26.5 Å². The maximum absolute atomic E-state index is 12.8. The summed E-state index contributed by atoms with van der Waals surface area (Å²) in [6, 6.07) is 0. The summed E-state index contributed by atoms with van der Waals surface area (Å²) in [5.41, 5.74) is 0. The number of carbonyl (C=O) groups excluding carboxylic acids is 2. The largest absolute Gasteiger partial charge is 0.756 e. The number of phosphoric ester groups is 1. The molecule has 0 N–H and O–H groups in total. The van der Waals surface area contributed by atoms with Crippen LogP contribution < -0.4 is 4.89 Å². The van der Waals surface area contributed by atoms with Crippen molar-refractivity contribution in [1.29, 1.82) is 0 Å². The van der Waals surface area contributed by atoms with Crippen LogP contribution >= 0.6 is 7.82 Å². The Labute approximate surface area is 401 Å². The van der Waals surface area contributed by atoms with Crippen molar-refractivity contribution in [1.82, 2.24) is 0 Å². The third-order valence-electron chi connectivity index (χ3n) is 11.9. The summed E-state index contributed by atoms with van der Waals surface area (Å²) in [6.45, 7) is 4.24. The molecule has 0 aliphatic rings. The SMILES string of the molecule is CCCCCCC/C=C\C/C=C\C/C=C\CCCCCCCCC(=O)OC(COC(=O)CCCCCCCCCCCCCCCCCCCCCC)COP(=O)([O-])OCC[N+](C)(C)C. The van der Waals surface area contributed by atoms with Gasteiger partial charge in [0.2, 0.25) is 0 Å². The van der Waals surface area contributed by atoms with Crippen molar-refractivity contribution in [3.63, 3.8) is 0 Å². The van der Waals surface area contributed by atoms with E-state index in [4.69, 9.17) is 18.5 Å². The second kappa shape index (κ2) is 47.3. The maximum atomic E-state index is 12.8. The number of unbranched alkanes of at least 4 members (excludes halogenated alkanes) is 30. The summed E-state index contributed by atoms with van der Waals surface area (Å²) in [6.07, 6.45) is 56.0. The van der Waals surface area contributed by atoms with Crippen LogP contribution in [0.2, 0.25) is 0 Å². The Bertz CT molecular complexity index is 1200. The minimum atomic E-state index is -4.63. The Hall–Kier alpha value is -1.77. The van der Waals surface area contributed by atoms with Gasteiger partial charge in [-0.15, -0.1) is 0 Å². The molecule has 0 bridgehead atoms. The molecule has 0 spiro atoms. The van der Waals surface area contributed by atoms with Crippen molar-refractivity contribution in [3.8, 4) is 0 Å². The second-order valence-electron chi connectivity index (χ2n) is 19.6. The van der Waals surface area contributed by atoms with Gasteiger partial charge in [0.15, 0.2) is 6.10 Å². The second-order valence-corrected chi connectivity index (χ2v) is 21.0. The van der Waals surface area contributed by atoms with Crippen LogP contribution in [0, 0.1) is 0 Å². The topological polar surface area (TPSA) is 111 Å². The van der Waals surface area contributed by atoms with Gasteiger partial charge in [0.1, 0.15) is 19.8 Å². The number of esters is 2. The number of nitrogens with zero attached hydrogens (tertiary/aromatic N) is 1. The number of phosphoric acid groups is 1. The fraction of sp³-hybridized carbons (Fsp3) is 0.855. The summed E-state index contributed by atoms with van der Waals surface area (Å²) in [7, 11) is 1.16. The van der Waals surface area contributed by atoms with E-state index in [1.165, 1.54) is 148 Å². The predicted octanol–water partition coefficient (Wildman–Crippen LogP) is 15.8. The molecule has 2 unspecified atom stereocenters. The first-order valence-electron chi connectivity index (χ1n) is 27.2. The van der Waals surface area contributed by atoms with Crippen LogP contribution in [-0.4, -0.2) is 70.0 Å². The van der Waals surface area contributed by atoms with Crippen LogP contribution in [0.4, 0.5) is 0 Å². The number of hydrogen-bond acceptors (Lipinski definition) is 8. The number of allylic oxidation sites excluding steroid dienone is 6. The van der Waals surface area contributed by atoms with E-state index in [-0.39, 0.29) is 32.0 Å². The highest BCUT2D eigenvalue weighted by Crippen LogP contribution is 2.38. The molecule has 382 valence electrons. The lowest BCUT2D eigenvalue weighted by Gasteiger charge is -2.28. The fourth-order valence-corrected chi connectivity index (χ4v) is 8.39. The molecule has 0 heterocycles. The average molecular weight is 938 g/mol. The van der Waals surface area contributed by atoms with Gasteiger partial charge in [-0.1, -0.05) is 224 Å². The lowest BCUT2D eigenvalue weighted by atomic mass is 10.0. The van der Waals surface area contributed by atoms with Crippen LogP contribution in [0.5, 0.6) is 0 Å². The summed E-state index contributed by atoms with van der Waals surface area (Å²) >= 11 is 0. The molecule has 0 radical (unpaired) electrons. The number of rotatable bonds is 50. The van der Waals surface area contributed by atoms with E-state index in [1.807, 2.05) is 21.1 Å². The van der Waals surface area contributed by atoms with Gasteiger partial charge in [-0.05, 0) is 51.4 Å². The molecular weight excluding hydrogens is 834 g/mol. The number of carbonyl (C=O) groups is 2. The first kappa shape index (κ1) is 63.2. The van der Waals surface area contributed by atoms with Crippen molar-refractivity contribution >= 4 is 19.8 Å². The predicted molar refractivity (Wildman–Crippen MR) is 273 cm³/mol. The van der Waals surface area contributed by atoms with Gasteiger partial charge in [0, 0.05) is 12.8 Å². The van der Waals surface area contributed by atoms with Gasteiger partial charge < -0.3 is 27.9 Å². The molecule has 0 saturated carbocycles. The van der Waals surface area contributed by atoms with E-state index in [0.29, 0.717) is 17.4 Å². The molecule has 10 heteroatoms. The highest BCUT2D eigenvalue weighted by molar-refractivity contribution is 7.45. The third-order valence-corrected chi connectivity index (χ3v) is 12.9. The van der Waals surface area contributed by atoms with E-state index in [1.54, 1.807) is 0 Å². The van der Waals surface area contributed by atoms with Crippen molar-refractivity contribution in [2.75, 3.05) is 47.5 Å². The lowest BCUT2D eigenvalue weighted by Crippen LogP contribution is -2.37. The number of likely N-dealkylation sites (N-methyl/N-ethyl adjacent to an activating group) is 1. The molecule has 9 nitrogen and oxygen atoms in total. The lowest BCUT2D eigenvalue weighted by molar-refractivity contribution is -0.870. The van der Waals surface area contributed by atoms with Crippen molar-refractivity contribution in [2.45, 2.75) is 258 Å². The van der Waals surface area contributed by atoms with Crippen molar-refractivity contribution in [2.24, 2.45) is 0 Å². The van der Waals surface area contributed by atoms with Gasteiger partial charge in [0.25, 0.3) is 7.82 Å². The number of hydrogen-bond donors (Lipinski definition) is 0. The van der Waals surface area contributed by atoms with Crippen LogP contribution in [0.1, 0.15) is 251 Å². The summed E-state index contributed by atoms with van der Waals surface area (Å²) < 4.78 is 34.1. The zero-order valence-electron chi connectivity index (χ0n) is 43.2. The molecule has 2 atom stereocenters. The highest BCUT2D eigenvalue weighted by atomic mass is 31.2. The van der Waals surface area contributed by atoms with Crippen LogP contribution in [0.3, 0.4) is 0 Å².